The van der Waals surface area contributed by atoms with Crippen LogP contribution < -0.4 is 4.74 Å². The van der Waals surface area contributed by atoms with Gasteiger partial charge in [0.2, 0.25) is 0 Å². The Hall–Kier alpha value is -4.86. The number of phenols is 1. The van der Waals surface area contributed by atoms with E-state index in [2.05, 4.69) is 30.1 Å². The third-order valence-electron chi connectivity index (χ3n) is 7.12. The summed E-state index contributed by atoms with van der Waals surface area (Å²) in [5.41, 5.74) is 5.27. The van der Waals surface area contributed by atoms with Crippen LogP contribution in [-0.2, 0) is 0 Å². The van der Waals surface area contributed by atoms with E-state index in [1.54, 1.807) is 31.0 Å². The summed E-state index contributed by atoms with van der Waals surface area (Å²) in [5.74, 6) is 0.558. The number of pyridine rings is 3. The fraction of sp³-hybridized carbons (Fsp3) is 0.207. The highest BCUT2D eigenvalue weighted by Gasteiger charge is 2.18. The standard InChI is InChI=1S/C29H24FN7O2/c30-18-6-16(7-19(38)9-18)23-13-32-14-26-27(23)35-29(34-26)28-22-10-24(33-15-25(22)36-37-28)17-8-21(12-31-11-17)39-20-4-2-1-3-5-20/h6-15,20,38H,1-5H2,(H,34,35)(H,36,37). The normalized spacial score (nSPS) is 14.3. The summed E-state index contributed by atoms with van der Waals surface area (Å²) in [6.07, 6.45) is 14.6. The molecule has 7 rings (SSSR count). The Labute approximate surface area is 222 Å². The van der Waals surface area contributed by atoms with E-state index < -0.39 is 5.82 Å². The predicted octanol–water partition coefficient (Wildman–Crippen LogP) is 6.18. The highest BCUT2D eigenvalue weighted by atomic mass is 19.1. The molecular weight excluding hydrogens is 497 g/mol. The highest BCUT2D eigenvalue weighted by Crippen LogP contribution is 2.34. The van der Waals surface area contributed by atoms with Crippen LogP contribution in [0, 0.1) is 5.82 Å². The zero-order chi connectivity index (χ0) is 26.3. The topological polar surface area (TPSA) is 125 Å². The second kappa shape index (κ2) is 9.46. The van der Waals surface area contributed by atoms with Crippen molar-refractivity contribution in [3.8, 4) is 45.4 Å². The first-order valence-electron chi connectivity index (χ1n) is 12.9. The van der Waals surface area contributed by atoms with Gasteiger partial charge in [0.25, 0.3) is 0 Å². The highest BCUT2D eigenvalue weighted by molar-refractivity contribution is 5.97. The minimum absolute atomic E-state index is 0.168. The number of hydrogen-bond donors (Lipinski definition) is 3. The van der Waals surface area contributed by atoms with Crippen LogP contribution in [0.3, 0.4) is 0 Å². The Bertz CT molecular complexity index is 1800. The van der Waals surface area contributed by atoms with Crippen LogP contribution >= 0.6 is 0 Å². The van der Waals surface area contributed by atoms with E-state index in [-0.39, 0.29) is 11.9 Å². The molecule has 1 fully saturated rings. The molecule has 3 N–H and O–H groups in total. The predicted molar refractivity (Wildman–Crippen MR) is 145 cm³/mol. The number of aromatic hydroxyl groups is 1. The summed E-state index contributed by atoms with van der Waals surface area (Å²) >= 11 is 0. The lowest BCUT2D eigenvalue weighted by Gasteiger charge is -2.22. The van der Waals surface area contributed by atoms with Crippen LogP contribution in [0.5, 0.6) is 11.5 Å². The third kappa shape index (κ3) is 4.43. The van der Waals surface area contributed by atoms with Crippen molar-refractivity contribution in [3.05, 3.63) is 67.1 Å². The van der Waals surface area contributed by atoms with E-state index in [1.165, 1.54) is 31.4 Å². The van der Waals surface area contributed by atoms with Crippen LogP contribution in [0.25, 0.3) is 55.8 Å². The Morgan fingerprint density at radius 2 is 1.74 bits per heavy atom. The number of imidazole rings is 1. The number of nitrogens with one attached hydrogen (secondary N) is 2. The molecule has 10 heteroatoms. The van der Waals surface area contributed by atoms with Gasteiger partial charge in [0.15, 0.2) is 5.82 Å². The fourth-order valence-electron chi connectivity index (χ4n) is 5.24. The van der Waals surface area contributed by atoms with Gasteiger partial charge in [0.1, 0.15) is 23.0 Å². The van der Waals surface area contributed by atoms with Gasteiger partial charge < -0.3 is 14.8 Å². The molecule has 5 heterocycles. The number of fused-ring (bicyclic) bond motifs is 2. The molecular formula is C29H24FN7O2. The lowest BCUT2D eigenvalue weighted by Crippen LogP contribution is -2.19. The molecule has 1 saturated carbocycles. The maximum absolute atomic E-state index is 14.0. The van der Waals surface area contributed by atoms with Gasteiger partial charge >= 0.3 is 0 Å². The molecule has 39 heavy (non-hydrogen) atoms. The number of nitrogens with zero attached hydrogens (tertiary/aromatic N) is 5. The summed E-state index contributed by atoms with van der Waals surface area (Å²) in [6, 6.07) is 7.81. The maximum Gasteiger partial charge on any atom is 0.159 e. The molecule has 0 radical (unpaired) electrons. The van der Waals surface area contributed by atoms with Gasteiger partial charge in [-0.3, -0.25) is 20.1 Å². The number of aromatic nitrogens is 7. The molecule has 0 bridgehead atoms. The van der Waals surface area contributed by atoms with E-state index in [4.69, 9.17) is 9.72 Å². The van der Waals surface area contributed by atoms with E-state index >= 15 is 0 Å². The molecule has 0 saturated heterocycles. The molecule has 0 unspecified atom stereocenters. The number of phenolic OH excluding ortho intramolecular Hbond substituents is 1. The van der Waals surface area contributed by atoms with Crippen molar-refractivity contribution < 1.29 is 14.2 Å². The van der Waals surface area contributed by atoms with Crippen LogP contribution in [0.4, 0.5) is 4.39 Å². The minimum atomic E-state index is -0.543. The summed E-state index contributed by atoms with van der Waals surface area (Å²) in [5, 5.41) is 18.3. The first-order valence-corrected chi connectivity index (χ1v) is 12.9. The van der Waals surface area contributed by atoms with Crippen molar-refractivity contribution in [1.82, 2.24) is 35.1 Å². The zero-order valence-electron chi connectivity index (χ0n) is 20.9. The first kappa shape index (κ1) is 23.3. The van der Waals surface area contributed by atoms with Crippen LogP contribution in [-0.4, -0.2) is 46.3 Å². The van der Waals surface area contributed by atoms with Gasteiger partial charge in [-0.05, 0) is 55.5 Å². The third-order valence-corrected chi connectivity index (χ3v) is 7.12. The molecule has 0 spiro atoms. The minimum Gasteiger partial charge on any atom is -0.508 e. The second-order valence-corrected chi connectivity index (χ2v) is 9.84. The van der Waals surface area contributed by atoms with Crippen molar-refractivity contribution >= 4 is 21.9 Å². The molecule has 1 aliphatic carbocycles. The fourth-order valence-corrected chi connectivity index (χ4v) is 5.24. The summed E-state index contributed by atoms with van der Waals surface area (Å²) < 4.78 is 20.2. The van der Waals surface area contributed by atoms with E-state index in [0.29, 0.717) is 33.7 Å². The number of rotatable bonds is 5. The van der Waals surface area contributed by atoms with E-state index in [1.807, 2.05) is 12.1 Å². The molecule has 1 aliphatic rings. The SMILES string of the molecule is Oc1cc(F)cc(-c2cncc3[nH]c(-c4n[nH]c5cnc(-c6cncc(OC7CCCCC7)c6)cc45)nc23)c1. The van der Waals surface area contributed by atoms with Crippen molar-refractivity contribution in [3.63, 3.8) is 0 Å². The van der Waals surface area contributed by atoms with Gasteiger partial charge in [-0.2, -0.15) is 5.10 Å². The summed E-state index contributed by atoms with van der Waals surface area (Å²) in [7, 11) is 0. The molecule has 0 amide bonds. The average Bonchev–Trinajstić information content (AvgIpc) is 3.57. The monoisotopic (exact) mass is 521 g/mol. The lowest BCUT2D eigenvalue weighted by atomic mass is 9.98. The first-order chi connectivity index (χ1) is 19.1. The number of hydrogen-bond acceptors (Lipinski definition) is 7. The molecule has 5 aromatic heterocycles. The quantitative estimate of drug-likeness (QED) is 0.247. The summed E-state index contributed by atoms with van der Waals surface area (Å²) in [4.78, 5) is 21.4. The van der Waals surface area contributed by atoms with E-state index in [9.17, 15) is 9.50 Å². The van der Waals surface area contributed by atoms with Gasteiger partial charge in [-0.15, -0.1) is 0 Å². The van der Waals surface area contributed by atoms with Gasteiger partial charge in [-0.1, -0.05) is 6.42 Å². The van der Waals surface area contributed by atoms with Gasteiger partial charge in [0.05, 0.1) is 46.9 Å². The van der Waals surface area contributed by atoms with Crippen molar-refractivity contribution in [2.24, 2.45) is 0 Å². The molecule has 9 nitrogen and oxygen atoms in total. The van der Waals surface area contributed by atoms with Crippen LogP contribution in [0.15, 0.2) is 61.3 Å². The number of benzene rings is 1. The summed E-state index contributed by atoms with van der Waals surface area (Å²) in [6.45, 7) is 0. The van der Waals surface area contributed by atoms with Crippen molar-refractivity contribution in [2.75, 3.05) is 0 Å². The van der Waals surface area contributed by atoms with E-state index in [0.717, 1.165) is 46.8 Å². The number of H-pyrrole nitrogens is 2. The molecule has 194 valence electrons. The second-order valence-electron chi connectivity index (χ2n) is 9.84. The largest absolute Gasteiger partial charge is 0.508 e. The lowest BCUT2D eigenvalue weighted by molar-refractivity contribution is 0.154. The maximum atomic E-state index is 14.0. The zero-order valence-corrected chi connectivity index (χ0v) is 20.9. The smallest absolute Gasteiger partial charge is 0.159 e. The molecule has 6 aromatic rings. The molecule has 0 aliphatic heterocycles. The molecule has 0 atom stereocenters. The number of ether oxygens (including phenoxy) is 1. The Morgan fingerprint density at radius 1 is 0.872 bits per heavy atom. The Balaban J connectivity index is 1.26. The van der Waals surface area contributed by atoms with Gasteiger partial charge in [0, 0.05) is 35.0 Å². The van der Waals surface area contributed by atoms with Gasteiger partial charge in [-0.25, -0.2) is 9.37 Å². The van der Waals surface area contributed by atoms with Crippen molar-refractivity contribution in [2.45, 2.75) is 38.2 Å². The number of aromatic amines is 2. The molecule has 1 aromatic carbocycles. The number of halogens is 1. The van der Waals surface area contributed by atoms with Crippen molar-refractivity contribution in [1.29, 1.82) is 0 Å². The Morgan fingerprint density at radius 3 is 2.62 bits per heavy atom. The van der Waals surface area contributed by atoms with Crippen LogP contribution in [0.2, 0.25) is 0 Å². The average molecular weight is 522 g/mol. The van der Waals surface area contributed by atoms with Crippen LogP contribution in [0.1, 0.15) is 32.1 Å². The Kier molecular flexibility index (Phi) is 5.65.